The molecule has 0 nitrogen and oxygen atoms in total. The highest BCUT2D eigenvalue weighted by molar-refractivity contribution is 6.60. The fourth-order valence-corrected chi connectivity index (χ4v) is 2.43. The van der Waals surface area contributed by atoms with Crippen molar-refractivity contribution in [2.24, 2.45) is 0 Å². The zero-order valence-electron chi connectivity index (χ0n) is 5.32. The number of fused-ring (bicyclic) bond motifs is 2. The van der Waals surface area contributed by atoms with Gasteiger partial charge in [0.25, 0.3) is 0 Å². The van der Waals surface area contributed by atoms with Crippen LogP contribution in [0.3, 0.4) is 0 Å². The summed E-state index contributed by atoms with van der Waals surface area (Å²) in [6, 6.07) is 0. The normalized spacial score (nSPS) is 50.5. The van der Waals surface area contributed by atoms with Crippen LogP contribution in [-0.4, -0.2) is 14.1 Å². The summed E-state index contributed by atoms with van der Waals surface area (Å²) < 4.78 is -1.15. The summed E-state index contributed by atoms with van der Waals surface area (Å²) in [4.78, 5) is -1.64. The molecule has 0 aromatic rings. The van der Waals surface area contributed by atoms with Crippen molar-refractivity contribution in [2.75, 3.05) is 0 Å². The molecule has 2 aliphatic rings. The van der Waals surface area contributed by atoms with Crippen LogP contribution in [0.4, 0.5) is 0 Å². The molecular weight excluding hydrogens is 226 g/mol. The van der Waals surface area contributed by atoms with Crippen LogP contribution < -0.4 is 0 Å². The molecule has 2 aliphatic carbocycles. The lowest BCUT2D eigenvalue weighted by molar-refractivity contribution is 0.727. The van der Waals surface area contributed by atoms with E-state index in [1.807, 2.05) is 0 Å². The van der Waals surface area contributed by atoms with Gasteiger partial charge in [-0.25, -0.2) is 0 Å². The molecule has 0 spiro atoms. The van der Waals surface area contributed by atoms with Crippen LogP contribution in [0.5, 0.6) is 0 Å². The Morgan fingerprint density at radius 2 is 0.909 bits per heavy atom. The molecule has 0 heterocycles. The monoisotopic (exact) mass is 228 g/mol. The number of alkyl halides is 4. The minimum atomic E-state index is -1.15. The van der Waals surface area contributed by atoms with E-state index in [9.17, 15) is 0 Å². The van der Waals surface area contributed by atoms with Gasteiger partial charge in [0.05, 0.1) is 0 Å². The number of halogens is 4. The highest BCUT2D eigenvalue weighted by atomic mass is 35.5. The topological polar surface area (TPSA) is 0 Å². The second-order valence-corrected chi connectivity index (χ2v) is 5.36. The van der Waals surface area contributed by atoms with Gasteiger partial charge in [-0.3, -0.25) is 0 Å². The molecule has 0 unspecified atom stereocenters. The average Bonchev–Trinajstić information content (AvgIpc) is 2.19. The second-order valence-electron chi connectivity index (χ2n) is 2.78. The fraction of sp³-hybridized carbons (Fsp3) is 0.429. The number of hydrogen-bond acceptors (Lipinski definition) is 0. The lowest BCUT2D eigenvalue weighted by Gasteiger charge is -2.30. The minimum absolute atomic E-state index is 0.822. The van der Waals surface area contributed by atoms with Crippen LogP contribution in [0.25, 0.3) is 0 Å². The largest absolute Gasteiger partial charge is 0.170 e. The highest BCUT2D eigenvalue weighted by Gasteiger charge is 2.64. The van der Waals surface area contributed by atoms with Crippen LogP contribution in [0.1, 0.15) is 0 Å². The Balaban J connectivity index is 2.59. The first-order valence-electron chi connectivity index (χ1n) is 3.08. The zero-order chi connectivity index (χ0) is 8.33. The van der Waals surface area contributed by atoms with Crippen molar-refractivity contribution in [1.82, 2.24) is 0 Å². The standard InChI is InChI=1S/C7H4Cl4/c8-5-1-2-6(9,4-3-5)7(5,10)11/h1-4H. The maximum atomic E-state index is 6.06. The quantitative estimate of drug-likeness (QED) is 0.442. The lowest BCUT2D eigenvalue weighted by Crippen LogP contribution is -2.41. The third kappa shape index (κ3) is 0.746. The molecule has 4 heteroatoms. The van der Waals surface area contributed by atoms with Gasteiger partial charge in [-0.1, -0.05) is 47.5 Å². The van der Waals surface area contributed by atoms with E-state index in [2.05, 4.69) is 0 Å². The third-order valence-electron chi connectivity index (χ3n) is 2.10. The molecule has 60 valence electrons. The minimum Gasteiger partial charge on any atom is -0.107 e. The smallest absolute Gasteiger partial charge is 0.107 e. The van der Waals surface area contributed by atoms with Crippen LogP contribution >= 0.6 is 46.4 Å². The fourth-order valence-electron chi connectivity index (χ4n) is 1.31. The van der Waals surface area contributed by atoms with Crippen molar-refractivity contribution in [3.8, 4) is 0 Å². The van der Waals surface area contributed by atoms with E-state index in [1.165, 1.54) is 0 Å². The third-order valence-corrected chi connectivity index (χ3v) is 4.81. The van der Waals surface area contributed by atoms with Gasteiger partial charge in [0.2, 0.25) is 0 Å². The molecule has 0 N–H and O–H groups in total. The van der Waals surface area contributed by atoms with E-state index in [0.29, 0.717) is 0 Å². The summed E-state index contributed by atoms with van der Waals surface area (Å²) in [6.45, 7) is 0. The summed E-state index contributed by atoms with van der Waals surface area (Å²) in [5, 5.41) is 0. The molecule has 0 fully saturated rings. The molecule has 11 heavy (non-hydrogen) atoms. The summed E-state index contributed by atoms with van der Waals surface area (Å²) in [5.41, 5.74) is 0. The van der Waals surface area contributed by atoms with Crippen molar-refractivity contribution in [3.05, 3.63) is 24.3 Å². The van der Waals surface area contributed by atoms with Crippen molar-refractivity contribution in [3.63, 3.8) is 0 Å². The van der Waals surface area contributed by atoms with E-state index in [4.69, 9.17) is 46.4 Å². The first kappa shape index (κ1) is 8.25. The van der Waals surface area contributed by atoms with Gasteiger partial charge >= 0.3 is 0 Å². The van der Waals surface area contributed by atoms with E-state index in [1.54, 1.807) is 24.3 Å². The Hall–Kier alpha value is 0.640. The predicted molar refractivity (Wildman–Crippen MR) is 49.9 cm³/mol. The van der Waals surface area contributed by atoms with Gasteiger partial charge in [-0.05, 0) is 0 Å². The van der Waals surface area contributed by atoms with Crippen LogP contribution in [-0.2, 0) is 0 Å². The van der Waals surface area contributed by atoms with E-state index >= 15 is 0 Å². The number of allylic oxidation sites excluding steroid dienone is 4. The van der Waals surface area contributed by atoms with Crippen LogP contribution in [0, 0.1) is 0 Å². The Kier molecular flexibility index (Phi) is 1.45. The Morgan fingerprint density at radius 3 is 1.00 bits per heavy atom. The second kappa shape index (κ2) is 1.93. The summed E-state index contributed by atoms with van der Waals surface area (Å²) in [5.74, 6) is 0. The molecule has 0 aromatic carbocycles. The molecule has 2 bridgehead atoms. The first-order chi connectivity index (χ1) is 4.91. The zero-order valence-corrected chi connectivity index (χ0v) is 8.34. The SMILES string of the molecule is ClC12C=CC(Cl)(C=C1)C2(Cl)Cl. The lowest BCUT2D eigenvalue weighted by atomic mass is 10.1. The van der Waals surface area contributed by atoms with Gasteiger partial charge < -0.3 is 0 Å². The van der Waals surface area contributed by atoms with E-state index in [-0.39, 0.29) is 0 Å². The molecular formula is C7H4Cl4. The Labute approximate surface area is 84.8 Å². The first-order valence-corrected chi connectivity index (χ1v) is 4.59. The van der Waals surface area contributed by atoms with Crippen LogP contribution in [0.15, 0.2) is 24.3 Å². The van der Waals surface area contributed by atoms with E-state index < -0.39 is 14.1 Å². The van der Waals surface area contributed by atoms with Crippen molar-refractivity contribution < 1.29 is 0 Å². The van der Waals surface area contributed by atoms with Crippen LogP contribution in [0.2, 0.25) is 0 Å². The molecule has 0 atom stereocenters. The van der Waals surface area contributed by atoms with Crippen molar-refractivity contribution >= 4 is 46.4 Å². The summed E-state index contributed by atoms with van der Waals surface area (Å²) in [7, 11) is 0. The number of rotatable bonds is 0. The van der Waals surface area contributed by atoms with Gasteiger partial charge in [0.1, 0.15) is 9.75 Å². The summed E-state index contributed by atoms with van der Waals surface area (Å²) in [6.07, 6.45) is 6.90. The Bertz CT molecular complexity index is 226. The maximum Gasteiger partial charge on any atom is 0.170 e. The molecule has 0 saturated carbocycles. The molecule has 0 aliphatic heterocycles. The highest BCUT2D eigenvalue weighted by Crippen LogP contribution is 2.61. The number of hydrogen-bond donors (Lipinski definition) is 0. The van der Waals surface area contributed by atoms with Gasteiger partial charge in [-0.2, -0.15) is 0 Å². The van der Waals surface area contributed by atoms with Crippen molar-refractivity contribution in [2.45, 2.75) is 14.1 Å². The molecule has 0 radical (unpaired) electrons. The van der Waals surface area contributed by atoms with Gasteiger partial charge in [0.15, 0.2) is 4.33 Å². The van der Waals surface area contributed by atoms with E-state index in [0.717, 1.165) is 0 Å². The summed E-state index contributed by atoms with van der Waals surface area (Å²) >= 11 is 24.1. The molecule has 0 aromatic heterocycles. The van der Waals surface area contributed by atoms with Gasteiger partial charge in [-0.15, -0.1) is 23.2 Å². The molecule has 0 amide bonds. The predicted octanol–water partition coefficient (Wildman–Crippen LogP) is 3.26. The van der Waals surface area contributed by atoms with Gasteiger partial charge in [0, 0.05) is 0 Å². The maximum absolute atomic E-state index is 6.06. The Morgan fingerprint density at radius 1 is 0.636 bits per heavy atom. The average molecular weight is 230 g/mol. The molecule has 0 saturated heterocycles. The van der Waals surface area contributed by atoms with Crippen molar-refractivity contribution in [1.29, 1.82) is 0 Å². The molecule has 2 rings (SSSR count).